The molecule has 0 aliphatic carbocycles. The van der Waals surface area contributed by atoms with Gasteiger partial charge in [-0.15, -0.1) is 0 Å². The molecule has 0 saturated heterocycles. The quantitative estimate of drug-likeness (QED) is 0.0964. The second kappa shape index (κ2) is 18.0. The minimum Gasteiger partial charge on any atom is -0.493 e. The van der Waals surface area contributed by atoms with Gasteiger partial charge in [0, 0.05) is 38.8 Å². The molecule has 0 radical (unpaired) electrons. The largest absolute Gasteiger partial charge is 0.493 e. The van der Waals surface area contributed by atoms with Gasteiger partial charge in [0.25, 0.3) is 0 Å². The summed E-state index contributed by atoms with van der Waals surface area (Å²) in [6.45, 7) is 18.1. The van der Waals surface area contributed by atoms with Crippen LogP contribution in [0.2, 0.25) is 0 Å². The van der Waals surface area contributed by atoms with Crippen molar-refractivity contribution in [1.82, 2.24) is 0 Å². The first-order valence-electron chi connectivity index (χ1n) is 17.0. The van der Waals surface area contributed by atoms with Gasteiger partial charge < -0.3 is 5.53 Å². The molecule has 3 heteroatoms. The predicted molar refractivity (Wildman–Crippen MR) is 179 cm³/mol. The smallest absolute Gasteiger partial charge is 0.211 e. The molecule has 0 N–H and O–H groups in total. The summed E-state index contributed by atoms with van der Waals surface area (Å²) in [4.78, 5) is 0. The van der Waals surface area contributed by atoms with Crippen LogP contribution in [0.15, 0.2) is 35.4 Å². The van der Waals surface area contributed by atoms with Crippen LogP contribution in [0.5, 0.6) is 0 Å². The second-order valence-electron chi connectivity index (χ2n) is 12.5. The van der Waals surface area contributed by atoms with Crippen LogP contribution in [-0.2, 0) is 35.8 Å². The van der Waals surface area contributed by atoms with E-state index in [0.29, 0.717) is 0 Å². The molecular weight excluding hydrogens is 555 g/mol. The van der Waals surface area contributed by atoms with E-state index in [1.165, 1.54) is 89.5 Å². The van der Waals surface area contributed by atoms with Gasteiger partial charge in [0.1, 0.15) is 0 Å². The molecule has 2 nitrogen and oxygen atoms in total. The Hall–Kier alpha value is -1.99. The normalized spacial score (nSPS) is 13.4. The van der Waals surface area contributed by atoms with Crippen molar-refractivity contribution in [2.45, 2.75) is 152 Å². The maximum absolute atomic E-state index is 12.2. The molecule has 3 rings (SSSR count). The van der Waals surface area contributed by atoms with Crippen LogP contribution < -0.4 is 0 Å². The van der Waals surface area contributed by atoms with Crippen molar-refractivity contribution in [2.24, 2.45) is 0 Å². The van der Waals surface area contributed by atoms with E-state index < -0.39 is 0 Å². The molecule has 42 heavy (non-hydrogen) atoms. The van der Waals surface area contributed by atoms with Gasteiger partial charge in [-0.25, -0.2) is 4.70 Å². The Labute approximate surface area is 268 Å². The molecule has 2 aromatic rings. The minimum atomic E-state index is 0. The molecule has 0 spiro atoms. The van der Waals surface area contributed by atoms with Crippen molar-refractivity contribution in [2.75, 3.05) is 0 Å². The number of nitrogens with zero attached hydrogens (tertiary/aromatic N) is 2. The molecule has 1 heterocycles. The van der Waals surface area contributed by atoms with E-state index >= 15 is 0 Å². The Bertz CT molecular complexity index is 1210. The fraction of sp³-hybridized carbons (Fsp3) is 0.590. The topological polar surface area (TPSA) is 25.3 Å². The molecule has 0 amide bonds. The van der Waals surface area contributed by atoms with Crippen LogP contribution in [0.4, 0.5) is 0 Å². The van der Waals surface area contributed by atoms with Crippen LogP contribution in [0.1, 0.15) is 156 Å². The summed E-state index contributed by atoms with van der Waals surface area (Å²) in [7, 11) is 0. The van der Waals surface area contributed by atoms with Gasteiger partial charge in [-0.1, -0.05) is 86.0 Å². The van der Waals surface area contributed by atoms with Gasteiger partial charge in [-0.05, 0) is 123 Å². The average Bonchev–Trinajstić information content (AvgIpc) is 3.22. The van der Waals surface area contributed by atoms with E-state index in [2.05, 4.69) is 79.7 Å². The van der Waals surface area contributed by atoms with E-state index in [1.54, 1.807) is 10.3 Å². The summed E-state index contributed by atoms with van der Waals surface area (Å²) in [5, 5.41) is 0. The molecule has 0 atom stereocenters. The molecular formula is C39H58N2Ni. The van der Waals surface area contributed by atoms with Crippen LogP contribution >= 0.6 is 0 Å². The number of aryl methyl sites for hydroxylation is 4. The molecule has 2 aromatic carbocycles. The van der Waals surface area contributed by atoms with Crippen LogP contribution in [0, 0.1) is 20.8 Å². The van der Waals surface area contributed by atoms with E-state index in [-0.39, 0.29) is 16.5 Å². The van der Waals surface area contributed by atoms with Crippen molar-refractivity contribution < 1.29 is 21.2 Å². The first kappa shape index (κ1) is 36.2. The molecule has 234 valence electrons. The Kier molecular flexibility index (Phi) is 15.5. The molecule has 1 aliphatic heterocycles. The zero-order valence-corrected chi connectivity index (χ0v) is 29.1. The van der Waals surface area contributed by atoms with Crippen molar-refractivity contribution in [3.8, 4) is 0 Å². The average molecular weight is 614 g/mol. The molecule has 0 aromatic heterocycles. The Morgan fingerprint density at radius 2 is 0.952 bits per heavy atom. The maximum Gasteiger partial charge on any atom is 0.211 e. The van der Waals surface area contributed by atoms with Gasteiger partial charge in [0.2, 0.25) is 11.4 Å². The van der Waals surface area contributed by atoms with E-state index in [0.717, 1.165) is 68.3 Å². The van der Waals surface area contributed by atoms with Crippen LogP contribution in [0.3, 0.4) is 0 Å². The zero-order chi connectivity index (χ0) is 29.9. The molecule has 0 bridgehead atoms. The molecule has 1 aliphatic rings. The van der Waals surface area contributed by atoms with Crippen molar-refractivity contribution in [3.63, 3.8) is 0 Å². The zero-order valence-electron chi connectivity index (χ0n) is 28.1. The van der Waals surface area contributed by atoms with Crippen molar-refractivity contribution in [3.05, 3.63) is 85.5 Å². The number of hydrogen-bond acceptors (Lipinski definition) is 0. The van der Waals surface area contributed by atoms with Gasteiger partial charge >= 0.3 is 0 Å². The van der Waals surface area contributed by atoms with Crippen LogP contribution in [0.25, 0.3) is 16.9 Å². The number of hydrogen-bond donors (Lipinski definition) is 0. The third-order valence-electron chi connectivity index (χ3n) is 9.12. The standard InChI is InChI=1S/C39H58N2.Ni/c1-9-14-16-18-23-37-36(22-17-15-10-2)38(33-24-28(6)30(8)29(7)25-33)41(40)39(37)34-26-31(19-11-3)35(21-13-5)32(27-34)20-12-4;/h24-27H,9-23H2,1-8H3;. The van der Waals surface area contributed by atoms with Crippen molar-refractivity contribution >= 4 is 11.4 Å². The third-order valence-corrected chi connectivity index (χ3v) is 9.12. The summed E-state index contributed by atoms with van der Waals surface area (Å²) in [6.07, 6.45) is 17.4. The van der Waals surface area contributed by atoms with Crippen molar-refractivity contribution in [1.29, 1.82) is 0 Å². The summed E-state index contributed by atoms with van der Waals surface area (Å²) >= 11 is 0. The SMILES string of the molecule is CCCCCCC1=C(c2cc(CCC)c(CCC)c(CCC)c2)[N+](=[N-])C(c2cc(C)c(C)c(C)c2)=C1CCCCC.[Ni]. The third kappa shape index (κ3) is 8.56. The summed E-state index contributed by atoms with van der Waals surface area (Å²) in [6, 6.07) is 9.48. The fourth-order valence-corrected chi connectivity index (χ4v) is 6.73. The number of unbranched alkanes of at least 4 members (excludes halogenated alkanes) is 5. The fourth-order valence-electron chi connectivity index (χ4n) is 6.73. The van der Waals surface area contributed by atoms with Gasteiger partial charge in [-0.3, -0.25) is 0 Å². The molecule has 0 fully saturated rings. The molecule has 0 unspecified atom stereocenters. The summed E-state index contributed by atoms with van der Waals surface area (Å²) in [5.41, 5.74) is 27.9. The summed E-state index contributed by atoms with van der Waals surface area (Å²) < 4.78 is 1.61. The summed E-state index contributed by atoms with van der Waals surface area (Å²) in [5.74, 6) is 0. The van der Waals surface area contributed by atoms with E-state index in [1.807, 2.05) is 0 Å². The predicted octanol–water partition coefficient (Wildman–Crippen LogP) is 12.2. The minimum absolute atomic E-state index is 0. The Morgan fingerprint density at radius 3 is 1.40 bits per heavy atom. The number of allylic oxidation sites excluding steroid dienone is 2. The Balaban J connectivity index is 0.00000616. The first-order chi connectivity index (χ1) is 19.8. The van der Waals surface area contributed by atoms with Crippen LogP contribution in [-0.4, -0.2) is 4.70 Å². The second-order valence-corrected chi connectivity index (χ2v) is 12.5. The van der Waals surface area contributed by atoms with Gasteiger partial charge in [0.05, 0.1) is 0 Å². The maximum atomic E-state index is 12.2. The van der Waals surface area contributed by atoms with Gasteiger partial charge in [0.15, 0.2) is 0 Å². The first-order valence-corrected chi connectivity index (χ1v) is 17.0. The van der Waals surface area contributed by atoms with E-state index in [4.69, 9.17) is 0 Å². The molecule has 0 saturated carbocycles. The van der Waals surface area contributed by atoms with Gasteiger partial charge in [-0.2, -0.15) is 0 Å². The number of rotatable bonds is 17. The Morgan fingerprint density at radius 1 is 0.524 bits per heavy atom. The number of benzene rings is 2. The monoisotopic (exact) mass is 612 g/mol. The van der Waals surface area contributed by atoms with E-state index in [9.17, 15) is 5.53 Å².